The number of carboxylic acids is 1. The number of carbonyl (C=O) groups is 2. The van der Waals surface area contributed by atoms with Crippen LogP contribution in [0.2, 0.25) is 0 Å². The van der Waals surface area contributed by atoms with Gasteiger partial charge in [-0.2, -0.15) is 0 Å². The first-order valence-electron chi connectivity index (χ1n) is 14.0. The Morgan fingerprint density at radius 3 is 2.12 bits per heavy atom. The number of rotatable bonds is 10. The van der Waals surface area contributed by atoms with E-state index in [1.807, 2.05) is 111 Å². The van der Waals surface area contributed by atoms with Crippen LogP contribution in [0.3, 0.4) is 0 Å². The predicted octanol–water partition coefficient (Wildman–Crippen LogP) is 7.76. The fourth-order valence-electron chi connectivity index (χ4n) is 4.86. The topological polar surface area (TPSA) is 66.8 Å². The van der Waals surface area contributed by atoms with Gasteiger partial charge in [-0.05, 0) is 71.7 Å². The molecule has 5 heteroatoms. The minimum absolute atomic E-state index is 0.00200. The number of hydrogen-bond donors (Lipinski definition) is 1. The normalized spacial score (nSPS) is 11.4. The van der Waals surface area contributed by atoms with Gasteiger partial charge in [-0.3, -0.25) is 9.59 Å². The molecule has 0 saturated carbocycles. The summed E-state index contributed by atoms with van der Waals surface area (Å²) < 4.78 is 6.07. The van der Waals surface area contributed by atoms with Crippen molar-refractivity contribution in [2.24, 2.45) is 0 Å². The van der Waals surface area contributed by atoms with Crippen LogP contribution in [0.5, 0.6) is 5.75 Å². The van der Waals surface area contributed by atoms with Gasteiger partial charge in [0, 0.05) is 17.7 Å². The van der Waals surface area contributed by atoms with Crippen LogP contribution in [0.15, 0.2) is 97.1 Å². The summed E-state index contributed by atoms with van der Waals surface area (Å²) in [6, 6.07) is 31.7. The van der Waals surface area contributed by atoms with Crippen LogP contribution in [0.4, 0.5) is 0 Å². The lowest BCUT2D eigenvalue weighted by Gasteiger charge is -2.24. The average molecular weight is 550 g/mol. The van der Waals surface area contributed by atoms with Crippen molar-refractivity contribution in [2.45, 2.75) is 59.1 Å². The van der Waals surface area contributed by atoms with Gasteiger partial charge in [0.15, 0.2) is 0 Å². The van der Waals surface area contributed by atoms with E-state index in [4.69, 9.17) is 4.74 Å². The summed E-state index contributed by atoms with van der Waals surface area (Å²) in [4.78, 5) is 27.3. The van der Waals surface area contributed by atoms with Crippen molar-refractivity contribution in [3.8, 4) is 16.9 Å². The summed E-state index contributed by atoms with van der Waals surface area (Å²) in [5, 5.41) is 9.70. The fraction of sp³-hybridized carbons (Fsp3) is 0.278. The van der Waals surface area contributed by atoms with Crippen molar-refractivity contribution in [2.75, 3.05) is 6.54 Å². The van der Waals surface area contributed by atoms with Crippen molar-refractivity contribution < 1.29 is 19.4 Å². The maximum atomic E-state index is 14.0. The molecular formula is C36H39NO4. The molecule has 4 rings (SSSR count). The summed E-state index contributed by atoms with van der Waals surface area (Å²) in [6.45, 7) is 10.2. The van der Waals surface area contributed by atoms with Gasteiger partial charge in [-0.15, -0.1) is 0 Å². The first-order valence-corrected chi connectivity index (χ1v) is 14.0. The molecule has 0 unspecified atom stereocenters. The fourth-order valence-corrected chi connectivity index (χ4v) is 4.86. The molecule has 0 bridgehead atoms. The van der Waals surface area contributed by atoms with Gasteiger partial charge in [0.1, 0.15) is 12.3 Å². The number of aliphatic carboxylic acids is 1. The third-order valence-corrected chi connectivity index (χ3v) is 6.94. The molecule has 0 fully saturated rings. The number of para-hydroxylation sites is 1. The minimum Gasteiger partial charge on any atom is -0.490 e. The highest BCUT2D eigenvalue weighted by molar-refractivity contribution is 5.98. The zero-order valence-corrected chi connectivity index (χ0v) is 24.6. The van der Waals surface area contributed by atoms with Crippen LogP contribution in [-0.4, -0.2) is 34.5 Å². The Hall–Kier alpha value is -4.38. The molecular weight excluding hydrogens is 510 g/mol. The molecule has 4 aromatic carbocycles. The van der Waals surface area contributed by atoms with Gasteiger partial charge in [0.05, 0.1) is 6.10 Å². The Morgan fingerprint density at radius 1 is 0.829 bits per heavy atom. The van der Waals surface area contributed by atoms with E-state index in [1.165, 1.54) is 10.5 Å². The lowest BCUT2D eigenvalue weighted by atomic mass is 9.86. The maximum absolute atomic E-state index is 14.0. The number of nitrogens with zero attached hydrogens (tertiary/aromatic N) is 1. The molecule has 0 aromatic heterocycles. The maximum Gasteiger partial charge on any atom is 0.323 e. The molecule has 212 valence electrons. The van der Waals surface area contributed by atoms with Crippen LogP contribution < -0.4 is 4.74 Å². The molecule has 4 aromatic rings. The summed E-state index contributed by atoms with van der Waals surface area (Å²) in [5.74, 6) is -0.583. The summed E-state index contributed by atoms with van der Waals surface area (Å²) >= 11 is 0. The van der Waals surface area contributed by atoms with E-state index in [-0.39, 0.29) is 24.0 Å². The molecule has 0 aliphatic rings. The minimum atomic E-state index is -1.05. The predicted molar refractivity (Wildman–Crippen MR) is 164 cm³/mol. The monoisotopic (exact) mass is 549 g/mol. The van der Waals surface area contributed by atoms with Gasteiger partial charge < -0.3 is 14.7 Å². The number of benzene rings is 4. The number of carboxylic acid groups (broad SMARTS) is 1. The average Bonchev–Trinajstić information content (AvgIpc) is 2.92. The number of carbonyl (C=O) groups excluding carboxylic acids is 1. The van der Waals surface area contributed by atoms with Crippen LogP contribution in [0.25, 0.3) is 11.1 Å². The lowest BCUT2D eigenvalue weighted by molar-refractivity contribution is -0.137. The molecule has 0 atom stereocenters. The van der Waals surface area contributed by atoms with Gasteiger partial charge in [-0.25, -0.2) is 0 Å². The van der Waals surface area contributed by atoms with Crippen molar-refractivity contribution in [3.05, 3.63) is 125 Å². The van der Waals surface area contributed by atoms with E-state index in [0.717, 1.165) is 33.6 Å². The van der Waals surface area contributed by atoms with Crippen LogP contribution in [0, 0.1) is 0 Å². The molecule has 1 N–H and O–H groups in total. The number of ether oxygens (including phenoxy) is 1. The summed E-state index contributed by atoms with van der Waals surface area (Å²) in [6.07, 6.45) is 0.548. The van der Waals surface area contributed by atoms with Gasteiger partial charge >= 0.3 is 5.97 Å². The first kappa shape index (κ1) is 29.6. The lowest BCUT2D eigenvalue weighted by Crippen LogP contribution is -2.35. The standard InChI is InChI=1S/C36H39NO4/c1-25(2)41-33-14-10-9-13-31(33)28-17-20-32(29(22-28)21-26-11-7-6-8-12-26)35(40)37(24-34(38)39)23-27-15-18-30(19-16-27)36(3,4)5/h6-20,22,25H,21,23-24H2,1-5H3,(H,38,39). The molecule has 0 heterocycles. The Bertz CT molecular complexity index is 1480. The van der Waals surface area contributed by atoms with E-state index >= 15 is 0 Å². The molecule has 0 radical (unpaired) electrons. The molecule has 1 amide bonds. The highest BCUT2D eigenvalue weighted by Gasteiger charge is 2.23. The number of hydrogen-bond acceptors (Lipinski definition) is 3. The van der Waals surface area contributed by atoms with Gasteiger partial charge in [0.25, 0.3) is 5.91 Å². The Kier molecular flexibility index (Phi) is 9.28. The zero-order chi connectivity index (χ0) is 29.6. The Balaban J connectivity index is 1.73. The van der Waals surface area contributed by atoms with E-state index < -0.39 is 12.5 Å². The van der Waals surface area contributed by atoms with E-state index in [1.54, 1.807) is 0 Å². The molecule has 0 saturated heterocycles. The second kappa shape index (κ2) is 12.9. The zero-order valence-electron chi connectivity index (χ0n) is 24.6. The van der Waals surface area contributed by atoms with Crippen LogP contribution >= 0.6 is 0 Å². The highest BCUT2D eigenvalue weighted by Crippen LogP contribution is 2.33. The molecule has 41 heavy (non-hydrogen) atoms. The van der Waals surface area contributed by atoms with Crippen molar-refractivity contribution in [1.29, 1.82) is 0 Å². The third kappa shape index (κ3) is 7.85. The van der Waals surface area contributed by atoms with Crippen molar-refractivity contribution in [3.63, 3.8) is 0 Å². The van der Waals surface area contributed by atoms with E-state index in [2.05, 4.69) is 20.8 Å². The quantitative estimate of drug-likeness (QED) is 0.220. The van der Waals surface area contributed by atoms with Crippen LogP contribution in [-0.2, 0) is 23.2 Å². The summed E-state index contributed by atoms with van der Waals surface area (Å²) in [7, 11) is 0. The van der Waals surface area contributed by atoms with Crippen molar-refractivity contribution in [1.82, 2.24) is 4.90 Å². The number of amides is 1. The Morgan fingerprint density at radius 2 is 1.49 bits per heavy atom. The van der Waals surface area contributed by atoms with E-state index in [9.17, 15) is 14.7 Å². The second-order valence-electron chi connectivity index (χ2n) is 11.7. The van der Waals surface area contributed by atoms with Gasteiger partial charge in [-0.1, -0.05) is 99.6 Å². The van der Waals surface area contributed by atoms with Gasteiger partial charge in [0.2, 0.25) is 0 Å². The van der Waals surface area contributed by atoms with Crippen molar-refractivity contribution >= 4 is 11.9 Å². The first-order chi connectivity index (χ1) is 19.5. The largest absolute Gasteiger partial charge is 0.490 e. The highest BCUT2D eigenvalue weighted by atomic mass is 16.5. The molecule has 5 nitrogen and oxygen atoms in total. The third-order valence-electron chi connectivity index (χ3n) is 6.94. The molecule has 0 spiro atoms. The molecule has 0 aliphatic carbocycles. The second-order valence-corrected chi connectivity index (χ2v) is 11.7. The smallest absolute Gasteiger partial charge is 0.323 e. The van der Waals surface area contributed by atoms with E-state index in [0.29, 0.717) is 12.0 Å². The molecule has 0 aliphatic heterocycles. The van der Waals surface area contributed by atoms with Crippen LogP contribution in [0.1, 0.15) is 67.2 Å². The Labute approximate surface area is 243 Å². The SMILES string of the molecule is CC(C)Oc1ccccc1-c1ccc(C(=O)N(CC(=O)O)Cc2ccc(C(C)(C)C)cc2)c(Cc2ccccc2)c1. The summed E-state index contributed by atoms with van der Waals surface area (Å²) in [5.41, 5.74) is 6.33.